The predicted octanol–water partition coefficient (Wildman–Crippen LogP) is 2.49. The monoisotopic (exact) mass is 261 g/mol. The number of nitrogens with one attached hydrogen (secondary N) is 1. The van der Waals surface area contributed by atoms with E-state index < -0.39 is 0 Å². The van der Waals surface area contributed by atoms with Crippen molar-refractivity contribution in [1.29, 1.82) is 0 Å². The molecule has 19 heavy (non-hydrogen) atoms. The minimum Gasteiger partial charge on any atom is -0.321 e. The summed E-state index contributed by atoms with van der Waals surface area (Å²) in [4.78, 5) is 21.9. The largest absolute Gasteiger partial charge is 0.321 e. The lowest BCUT2D eigenvalue weighted by Crippen LogP contribution is -2.35. The quantitative estimate of drug-likeness (QED) is 0.503. The summed E-state index contributed by atoms with van der Waals surface area (Å²) in [6.45, 7) is 3.54. The van der Waals surface area contributed by atoms with Crippen LogP contribution in [0.25, 0.3) is 0 Å². The molecule has 0 spiro atoms. The second-order valence-corrected chi connectivity index (χ2v) is 4.86. The summed E-state index contributed by atoms with van der Waals surface area (Å²) < 4.78 is 0.391. The minimum absolute atomic E-state index is 0.0958. The van der Waals surface area contributed by atoms with Crippen LogP contribution in [0.15, 0.2) is 30.5 Å². The first-order valence-electron chi connectivity index (χ1n) is 6.29. The van der Waals surface area contributed by atoms with Crippen LogP contribution in [0.2, 0.25) is 0 Å². The summed E-state index contributed by atoms with van der Waals surface area (Å²) in [6.07, 6.45) is 4.84. The van der Waals surface area contributed by atoms with Crippen LogP contribution in [0.5, 0.6) is 0 Å². The maximum absolute atomic E-state index is 11.4. The zero-order valence-electron chi connectivity index (χ0n) is 11.9. The van der Waals surface area contributed by atoms with Crippen molar-refractivity contribution in [1.82, 2.24) is 4.48 Å². The summed E-state index contributed by atoms with van der Waals surface area (Å²) in [5.41, 5.74) is 2.86. The number of allylic oxidation sites excluding steroid dienone is 1. The summed E-state index contributed by atoms with van der Waals surface area (Å²) in [5.74, 6) is -0.0958. The normalized spacial score (nSPS) is 11.6. The highest BCUT2D eigenvalue weighted by Gasteiger charge is 2.22. The van der Waals surface area contributed by atoms with E-state index in [-0.39, 0.29) is 5.91 Å². The van der Waals surface area contributed by atoms with Crippen molar-refractivity contribution in [2.24, 2.45) is 0 Å². The van der Waals surface area contributed by atoms with Gasteiger partial charge in [0.05, 0.1) is 14.1 Å². The van der Waals surface area contributed by atoms with Gasteiger partial charge in [-0.05, 0) is 12.0 Å². The van der Waals surface area contributed by atoms with E-state index in [0.29, 0.717) is 4.48 Å². The molecule has 4 nitrogen and oxygen atoms in total. The fourth-order valence-corrected chi connectivity index (χ4v) is 2.01. The molecule has 0 aliphatic carbocycles. The Hall–Kier alpha value is -1.94. The number of amides is 1. The van der Waals surface area contributed by atoms with Gasteiger partial charge in [0, 0.05) is 19.1 Å². The van der Waals surface area contributed by atoms with E-state index in [1.54, 1.807) is 6.20 Å². The van der Waals surface area contributed by atoms with Gasteiger partial charge in [0.25, 0.3) is 0 Å². The molecule has 1 N–H and O–H groups in total. The standard InChI is InChI=1S/C15H20N2O2/c1-5-13-8-6-9-14(15(13)16-12(2)19)17(3,4)10-7-11-18/h6-11H,5H2,1-4H3/p+1. The van der Waals surface area contributed by atoms with E-state index in [1.165, 1.54) is 13.0 Å². The minimum atomic E-state index is -0.0958. The lowest BCUT2D eigenvalue weighted by molar-refractivity contribution is -0.114. The van der Waals surface area contributed by atoms with Gasteiger partial charge in [-0.3, -0.25) is 14.1 Å². The average Bonchev–Trinajstić information content (AvgIpc) is 2.35. The fraction of sp³-hybridized carbons (Fsp3) is 0.333. The van der Waals surface area contributed by atoms with Crippen LogP contribution in [0.3, 0.4) is 0 Å². The van der Waals surface area contributed by atoms with Crippen LogP contribution in [-0.4, -0.2) is 26.3 Å². The van der Waals surface area contributed by atoms with Crippen molar-refractivity contribution in [2.45, 2.75) is 20.3 Å². The first-order valence-corrected chi connectivity index (χ1v) is 6.29. The van der Waals surface area contributed by atoms with E-state index in [9.17, 15) is 9.59 Å². The van der Waals surface area contributed by atoms with Crippen LogP contribution >= 0.6 is 0 Å². The second-order valence-electron chi connectivity index (χ2n) is 4.86. The average molecular weight is 261 g/mol. The molecule has 102 valence electrons. The zero-order valence-corrected chi connectivity index (χ0v) is 11.9. The Morgan fingerprint density at radius 1 is 1.37 bits per heavy atom. The van der Waals surface area contributed by atoms with Crippen molar-refractivity contribution in [3.63, 3.8) is 0 Å². The smallest absolute Gasteiger partial charge is 0.221 e. The Bertz CT molecular complexity index is 505. The Morgan fingerprint density at radius 2 is 2.05 bits per heavy atom. The molecule has 0 atom stereocenters. The first kappa shape index (κ1) is 15.1. The second kappa shape index (κ2) is 6.29. The van der Waals surface area contributed by atoms with Gasteiger partial charge < -0.3 is 5.32 Å². The van der Waals surface area contributed by atoms with E-state index >= 15 is 0 Å². The van der Waals surface area contributed by atoms with Crippen molar-refractivity contribution in [2.75, 3.05) is 19.4 Å². The van der Waals surface area contributed by atoms with Gasteiger partial charge in [-0.25, -0.2) is 0 Å². The molecule has 1 rings (SSSR count). The van der Waals surface area contributed by atoms with Crippen molar-refractivity contribution < 1.29 is 9.59 Å². The van der Waals surface area contributed by atoms with E-state index in [4.69, 9.17) is 0 Å². The molecule has 1 aromatic carbocycles. The molecule has 4 heteroatoms. The highest BCUT2D eigenvalue weighted by atomic mass is 16.1. The fourth-order valence-electron chi connectivity index (χ4n) is 2.01. The molecular formula is C15H21N2O2+. The van der Waals surface area contributed by atoms with Gasteiger partial charge in [0.15, 0.2) is 5.69 Å². The Labute approximate surface area is 114 Å². The van der Waals surface area contributed by atoms with Gasteiger partial charge in [-0.15, -0.1) is 0 Å². The highest BCUT2D eigenvalue weighted by molar-refractivity contribution is 5.93. The number of aryl methyl sites for hydroxylation is 1. The third-order valence-corrected chi connectivity index (χ3v) is 2.97. The summed E-state index contributed by atoms with van der Waals surface area (Å²) in [5, 5.41) is 2.90. The third-order valence-electron chi connectivity index (χ3n) is 2.97. The maximum Gasteiger partial charge on any atom is 0.221 e. The lowest BCUT2D eigenvalue weighted by atomic mass is 10.1. The van der Waals surface area contributed by atoms with Crippen LogP contribution < -0.4 is 9.80 Å². The molecule has 0 saturated heterocycles. The predicted molar refractivity (Wildman–Crippen MR) is 79.0 cm³/mol. The maximum atomic E-state index is 11.4. The zero-order chi connectivity index (χ0) is 14.5. The van der Waals surface area contributed by atoms with E-state index in [2.05, 4.69) is 5.32 Å². The van der Waals surface area contributed by atoms with Gasteiger partial charge in [0.1, 0.15) is 18.2 Å². The van der Waals surface area contributed by atoms with Crippen LogP contribution in [-0.2, 0) is 16.0 Å². The molecule has 0 aliphatic rings. The Balaban J connectivity index is 3.36. The van der Waals surface area contributed by atoms with Crippen LogP contribution in [0.4, 0.5) is 11.4 Å². The number of anilines is 1. The van der Waals surface area contributed by atoms with Crippen molar-refractivity contribution in [3.8, 4) is 0 Å². The van der Waals surface area contributed by atoms with Crippen LogP contribution in [0, 0.1) is 0 Å². The molecule has 0 aromatic heterocycles. The first-order chi connectivity index (χ1) is 8.92. The molecule has 0 aliphatic heterocycles. The summed E-state index contributed by atoms with van der Waals surface area (Å²) in [6, 6.07) is 5.92. The number of nitrogens with zero attached hydrogens (tertiary/aromatic N) is 1. The van der Waals surface area contributed by atoms with Gasteiger partial charge in [-0.2, -0.15) is 0 Å². The summed E-state index contributed by atoms with van der Waals surface area (Å²) >= 11 is 0. The molecule has 0 bridgehead atoms. The van der Waals surface area contributed by atoms with Crippen molar-refractivity contribution >= 4 is 23.6 Å². The number of aldehydes is 1. The molecule has 1 aromatic rings. The van der Waals surface area contributed by atoms with Crippen LogP contribution in [0.1, 0.15) is 19.4 Å². The number of para-hydroxylation sites is 1. The van der Waals surface area contributed by atoms with Crippen molar-refractivity contribution in [3.05, 3.63) is 36.0 Å². The van der Waals surface area contributed by atoms with Gasteiger partial charge in [0.2, 0.25) is 5.91 Å². The SMILES string of the molecule is CCc1cccc([N+](C)(C)C=CC=O)c1NC(C)=O. The molecule has 1 amide bonds. The third kappa shape index (κ3) is 3.76. The number of carbonyl (C=O) groups excluding carboxylic acids is 2. The number of hydrogen-bond donors (Lipinski definition) is 1. The van der Waals surface area contributed by atoms with Gasteiger partial charge >= 0.3 is 0 Å². The number of carbonyl (C=O) groups is 2. The number of benzene rings is 1. The number of rotatable bonds is 5. The molecule has 0 unspecified atom stereocenters. The molecule has 0 heterocycles. The number of quaternary nitrogens is 1. The topological polar surface area (TPSA) is 46.2 Å². The van der Waals surface area contributed by atoms with E-state index in [0.717, 1.165) is 29.6 Å². The van der Waals surface area contributed by atoms with E-state index in [1.807, 2.05) is 39.2 Å². The molecule has 0 radical (unpaired) electrons. The van der Waals surface area contributed by atoms with Gasteiger partial charge in [-0.1, -0.05) is 19.1 Å². The molecular weight excluding hydrogens is 240 g/mol. The molecule has 0 saturated carbocycles. The summed E-state index contributed by atoms with van der Waals surface area (Å²) in [7, 11) is 3.92. The Morgan fingerprint density at radius 3 is 2.58 bits per heavy atom. The highest BCUT2D eigenvalue weighted by Crippen LogP contribution is 2.33. The molecule has 0 fully saturated rings. The number of hydrogen-bond acceptors (Lipinski definition) is 2. The lowest BCUT2D eigenvalue weighted by Gasteiger charge is -2.27. The Kier molecular flexibility index (Phi) is 5.01.